The van der Waals surface area contributed by atoms with Gasteiger partial charge < -0.3 is 4.90 Å². The molecule has 21 heavy (non-hydrogen) atoms. The number of thiol groups is 1. The fourth-order valence-corrected chi connectivity index (χ4v) is 3.49. The number of benzene rings is 1. The van der Waals surface area contributed by atoms with E-state index in [1.54, 1.807) is 11.3 Å². The third kappa shape index (κ3) is 3.89. The predicted octanol–water partition coefficient (Wildman–Crippen LogP) is 3.78. The van der Waals surface area contributed by atoms with Gasteiger partial charge in [0.25, 0.3) is 0 Å². The molecule has 0 N–H and O–H groups in total. The van der Waals surface area contributed by atoms with Gasteiger partial charge in [-0.05, 0) is 47.2 Å². The average molecular weight is 317 g/mol. The summed E-state index contributed by atoms with van der Waals surface area (Å²) >= 11 is 6.24. The minimum atomic E-state index is -0.258. The van der Waals surface area contributed by atoms with Crippen molar-refractivity contribution in [2.75, 3.05) is 0 Å². The van der Waals surface area contributed by atoms with Crippen molar-refractivity contribution < 1.29 is 4.79 Å². The van der Waals surface area contributed by atoms with Crippen molar-refractivity contribution >= 4 is 29.9 Å². The molecule has 0 saturated heterocycles. The fourth-order valence-electron chi connectivity index (χ4n) is 2.47. The Bertz CT molecular complexity index is 578. The molecular weight excluding hydrogens is 298 g/mol. The lowest BCUT2D eigenvalue weighted by Crippen LogP contribution is -2.38. The molecule has 1 aromatic carbocycles. The van der Waals surface area contributed by atoms with Crippen molar-refractivity contribution in [3.8, 4) is 0 Å². The van der Waals surface area contributed by atoms with E-state index in [2.05, 4.69) is 41.6 Å². The highest BCUT2D eigenvalue weighted by molar-refractivity contribution is 7.81. The first-order chi connectivity index (χ1) is 10.2. The predicted molar refractivity (Wildman–Crippen MR) is 90.8 cm³/mol. The molecule has 3 rings (SSSR count). The maximum absolute atomic E-state index is 12.7. The van der Waals surface area contributed by atoms with Crippen LogP contribution in [0.4, 0.5) is 0 Å². The molecule has 110 valence electrons. The molecule has 1 aliphatic rings. The van der Waals surface area contributed by atoms with Gasteiger partial charge in [0.15, 0.2) is 0 Å². The molecule has 1 heterocycles. The highest BCUT2D eigenvalue weighted by Crippen LogP contribution is 2.30. The van der Waals surface area contributed by atoms with Gasteiger partial charge in [-0.3, -0.25) is 4.79 Å². The number of thiophene rings is 1. The largest absolute Gasteiger partial charge is 0.334 e. The van der Waals surface area contributed by atoms with E-state index in [4.69, 9.17) is 0 Å². The van der Waals surface area contributed by atoms with E-state index in [0.717, 1.165) is 24.9 Å². The van der Waals surface area contributed by atoms with Gasteiger partial charge in [0.1, 0.15) is 0 Å². The van der Waals surface area contributed by atoms with Crippen LogP contribution < -0.4 is 0 Å². The summed E-state index contributed by atoms with van der Waals surface area (Å²) in [5, 5.41) is 3.92. The maximum Gasteiger partial charge on any atom is 0.236 e. The Kier molecular flexibility index (Phi) is 4.66. The monoisotopic (exact) mass is 317 g/mol. The van der Waals surface area contributed by atoms with E-state index < -0.39 is 0 Å². The lowest BCUT2D eigenvalue weighted by atomic mass is 10.1. The Labute approximate surface area is 135 Å². The Morgan fingerprint density at radius 2 is 2.00 bits per heavy atom. The van der Waals surface area contributed by atoms with Crippen LogP contribution in [0.15, 0.2) is 47.2 Å². The topological polar surface area (TPSA) is 20.3 Å². The van der Waals surface area contributed by atoms with Crippen LogP contribution in [0.25, 0.3) is 0 Å². The zero-order chi connectivity index (χ0) is 14.7. The van der Waals surface area contributed by atoms with Crippen molar-refractivity contribution in [2.24, 2.45) is 0 Å². The summed E-state index contributed by atoms with van der Waals surface area (Å²) in [6.07, 6.45) is 2.94. The van der Waals surface area contributed by atoms with Gasteiger partial charge >= 0.3 is 0 Å². The molecule has 2 aromatic rings. The number of carbonyl (C=O) groups is 1. The van der Waals surface area contributed by atoms with Crippen molar-refractivity contribution in [1.82, 2.24) is 4.90 Å². The molecule has 1 aliphatic carbocycles. The normalized spacial score (nSPS) is 15.7. The van der Waals surface area contributed by atoms with Crippen LogP contribution in [-0.4, -0.2) is 22.1 Å². The van der Waals surface area contributed by atoms with Gasteiger partial charge in [0.2, 0.25) is 5.91 Å². The minimum Gasteiger partial charge on any atom is -0.334 e. The molecule has 1 saturated carbocycles. The second kappa shape index (κ2) is 6.67. The third-order valence-corrected chi connectivity index (χ3v) is 4.90. The number of rotatable bonds is 6. The van der Waals surface area contributed by atoms with Gasteiger partial charge in [0, 0.05) is 12.6 Å². The molecule has 1 unspecified atom stereocenters. The molecule has 0 radical (unpaired) electrons. The molecule has 4 heteroatoms. The number of amides is 1. The molecule has 1 aromatic heterocycles. The molecular formula is C17H19NOS2. The number of hydrogen-bond acceptors (Lipinski definition) is 3. The van der Waals surface area contributed by atoms with Crippen molar-refractivity contribution in [3.05, 3.63) is 58.3 Å². The summed E-state index contributed by atoms with van der Waals surface area (Å²) in [6.45, 7) is 0.721. The van der Waals surface area contributed by atoms with Crippen LogP contribution in [0, 0.1) is 0 Å². The molecule has 0 spiro atoms. The second-order valence-corrected chi connectivity index (χ2v) is 6.94. The van der Waals surface area contributed by atoms with Crippen LogP contribution in [0.1, 0.15) is 24.0 Å². The summed E-state index contributed by atoms with van der Waals surface area (Å²) in [5.74, 6) is 0.163. The molecule has 0 bridgehead atoms. The van der Waals surface area contributed by atoms with Crippen LogP contribution in [0.5, 0.6) is 0 Å². The average Bonchev–Trinajstić information content (AvgIpc) is 3.21. The maximum atomic E-state index is 12.7. The summed E-state index contributed by atoms with van der Waals surface area (Å²) < 4.78 is 0. The first-order valence-electron chi connectivity index (χ1n) is 7.27. The summed E-state index contributed by atoms with van der Waals surface area (Å²) in [7, 11) is 0. The van der Waals surface area contributed by atoms with Crippen LogP contribution in [0.2, 0.25) is 0 Å². The van der Waals surface area contributed by atoms with Crippen LogP contribution in [0.3, 0.4) is 0 Å². The molecule has 0 aliphatic heterocycles. The zero-order valence-electron chi connectivity index (χ0n) is 11.8. The zero-order valence-corrected chi connectivity index (χ0v) is 13.5. The fraction of sp³-hybridized carbons (Fsp3) is 0.353. The lowest BCUT2D eigenvalue weighted by Gasteiger charge is -2.25. The number of carbonyl (C=O) groups excluding carboxylic acids is 1. The Morgan fingerprint density at radius 3 is 2.62 bits per heavy atom. The molecule has 2 nitrogen and oxygen atoms in total. The van der Waals surface area contributed by atoms with E-state index >= 15 is 0 Å². The Balaban J connectivity index is 1.66. The highest BCUT2D eigenvalue weighted by Gasteiger charge is 2.34. The van der Waals surface area contributed by atoms with Gasteiger partial charge in [-0.1, -0.05) is 30.3 Å². The van der Waals surface area contributed by atoms with Crippen molar-refractivity contribution in [2.45, 2.75) is 37.1 Å². The number of hydrogen-bond donors (Lipinski definition) is 1. The molecule has 1 amide bonds. The minimum absolute atomic E-state index is 0.163. The summed E-state index contributed by atoms with van der Waals surface area (Å²) in [4.78, 5) is 14.7. The smallest absolute Gasteiger partial charge is 0.236 e. The van der Waals surface area contributed by atoms with Crippen LogP contribution >= 0.6 is 24.0 Å². The van der Waals surface area contributed by atoms with E-state index in [-0.39, 0.29) is 11.2 Å². The standard InChI is InChI=1S/C17H19NOS2/c19-17(16(20)10-13-4-2-1-3-5-13)18(15-6-7-15)11-14-8-9-21-12-14/h1-5,8-9,12,15-16,20H,6-7,10-11H2. The van der Waals surface area contributed by atoms with Gasteiger partial charge in [0.05, 0.1) is 5.25 Å². The summed E-state index contributed by atoms with van der Waals surface area (Å²) in [6, 6.07) is 12.6. The van der Waals surface area contributed by atoms with E-state index in [1.807, 2.05) is 23.1 Å². The highest BCUT2D eigenvalue weighted by atomic mass is 32.1. The number of nitrogens with zero attached hydrogens (tertiary/aromatic N) is 1. The van der Waals surface area contributed by atoms with E-state index in [0.29, 0.717) is 12.5 Å². The Morgan fingerprint density at radius 1 is 1.24 bits per heavy atom. The van der Waals surface area contributed by atoms with E-state index in [1.165, 1.54) is 5.56 Å². The quantitative estimate of drug-likeness (QED) is 0.804. The second-order valence-electron chi connectivity index (χ2n) is 5.53. The van der Waals surface area contributed by atoms with Crippen molar-refractivity contribution in [3.63, 3.8) is 0 Å². The molecule has 1 fully saturated rings. The first kappa shape index (κ1) is 14.7. The first-order valence-corrected chi connectivity index (χ1v) is 8.73. The van der Waals surface area contributed by atoms with Crippen molar-refractivity contribution in [1.29, 1.82) is 0 Å². The summed E-state index contributed by atoms with van der Waals surface area (Å²) in [5.41, 5.74) is 2.39. The van der Waals surface area contributed by atoms with E-state index in [9.17, 15) is 4.79 Å². The molecule has 1 atom stereocenters. The van der Waals surface area contributed by atoms with Gasteiger partial charge in [-0.25, -0.2) is 0 Å². The lowest BCUT2D eigenvalue weighted by molar-refractivity contribution is -0.131. The van der Waals surface area contributed by atoms with Gasteiger partial charge in [-0.2, -0.15) is 24.0 Å². The van der Waals surface area contributed by atoms with Crippen LogP contribution in [-0.2, 0) is 17.8 Å². The SMILES string of the molecule is O=C(C(S)Cc1ccccc1)N(Cc1ccsc1)C1CC1. The third-order valence-electron chi connectivity index (χ3n) is 3.76. The Hall–Kier alpha value is -1.26. The van der Waals surface area contributed by atoms with Gasteiger partial charge in [-0.15, -0.1) is 0 Å².